The third-order valence-corrected chi connectivity index (χ3v) is 3.67. The maximum absolute atomic E-state index is 11.0. The van der Waals surface area contributed by atoms with Gasteiger partial charge in [-0.2, -0.15) is 0 Å². The van der Waals surface area contributed by atoms with Gasteiger partial charge in [0.05, 0.1) is 20.4 Å². The zero-order chi connectivity index (χ0) is 17.2. The number of nitrogens with one attached hydrogen (secondary N) is 1. The first kappa shape index (κ1) is 17.8. The summed E-state index contributed by atoms with van der Waals surface area (Å²) in [6.07, 6.45) is -5.56. The summed E-state index contributed by atoms with van der Waals surface area (Å²) >= 11 is 0. The molecule has 4 atom stereocenters. The van der Waals surface area contributed by atoms with Crippen LogP contribution in [-0.4, -0.2) is 47.3 Å². The summed E-state index contributed by atoms with van der Waals surface area (Å²) in [5, 5.41) is 33.2. The molecule has 0 amide bonds. The highest BCUT2D eigenvalue weighted by Crippen LogP contribution is 2.29. The quantitative estimate of drug-likeness (QED) is 0.444. The lowest BCUT2D eigenvalue weighted by molar-refractivity contribution is -0.343. The molecule has 1 heterocycles. The number of phosphoric acid groups is 1. The van der Waals surface area contributed by atoms with Crippen molar-refractivity contribution < 1.29 is 43.7 Å². The highest BCUT2D eigenvalue weighted by atomic mass is 31.2. The molecule has 0 unspecified atom stereocenters. The monoisotopic (exact) mass is 346 g/mol. The van der Waals surface area contributed by atoms with Crippen LogP contribution in [0.2, 0.25) is 0 Å². The number of anilines is 1. The number of aromatic carboxylic acids is 1. The zero-order valence-electron chi connectivity index (χ0n) is 11.5. The van der Waals surface area contributed by atoms with Gasteiger partial charge in [0.2, 0.25) is 0 Å². The van der Waals surface area contributed by atoms with Crippen molar-refractivity contribution in [1.29, 1.82) is 0 Å². The minimum Gasteiger partial charge on any atom is -0.790 e. The number of aliphatic hydroxyl groups is 2. The second-order valence-electron chi connectivity index (χ2n) is 4.80. The second-order valence-corrected chi connectivity index (χ2v) is 5.95. The molecule has 1 aromatic carbocycles. The number of rotatable bonds is 6. The number of aliphatic hydroxyl groups excluding tert-OH is 2. The Balaban J connectivity index is 2.07. The lowest BCUT2D eigenvalue weighted by Gasteiger charge is -2.30. The number of para-hydroxylation sites is 1. The van der Waals surface area contributed by atoms with Crippen LogP contribution in [0.3, 0.4) is 0 Å². The van der Waals surface area contributed by atoms with Crippen molar-refractivity contribution in [2.24, 2.45) is 0 Å². The highest BCUT2D eigenvalue weighted by Gasteiger charge is 2.43. The maximum Gasteiger partial charge on any atom is 0.157 e. The molecule has 2 rings (SSSR count). The van der Waals surface area contributed by atoms with Gasteiger partial charge in [-0.25, -0.2) is 0 Å². The number of phosphoric ester groups is 1. The van der Waals surface area contributed by atoms with Gasteiger partial charge in [0.15, 0.2) is 6.23 Å². The maximum atomic E-state index is 11.0. The Morgan fingerprint density at radius 3 is 2.57 bits per heavy atom. The molecule has 0 bridgehead atoms. The van der Waals surface area contributed by atoms with Gasteiger partial charge in [-0.15, -0.1) is 0 Å². The fourth-order valence-electron chi connectivity index (χ4n) is 2.11. The Morgan fingerprint density at radius 1 is 1.30 bits per heavy atom. The summed E-state index contributed by atoms with van der Waals surface area (Å²) in [7, 11) is -5.25. The lowest BCUT2D eigenvalue weighted by atomic mass is 10.1. The molecule has 11 heteroatoms. The van der Waals surface area contributed by atoms with E-state index in [1.54, 1.807) is 0 Å². The molecule has 3 N–H and O–H groups in total. The predicted octanol–water partition coefficient (Wildman–Crippen LogP) is -3.25. The molecule has 0 spiro atoms. The van der Waals surface area contributed by atoms with Crippen molar-refractivity contribution in [2.45, 2.75) is 24.5 Å². The molecule has 0 aromatic heterocycles. The molecule has 1 aromatic rings. The highest BCUT2D eigenvalue weighted by molar-refractivity contribution is 7.43. The van der Waals surface area contributed by atoms with Gasteiger partial charge < -0.3 is 49.0 Å². The molecule has 0 saturated carbocycles. The third-order valence-electron chi connectivity index (χ3n) is 3.20. The van der Waals surface area contributed by atoms with E-state index in [2.05, 4.69) is 9.84 Å². The van der Waals surface area contributed by atoms with Crippen LogP contribution in [-0.2, 0) is 13.8 Å². The second kappa shape index (κ2) is 6.93. The Bertz CT molecular complexity index is 618. The van der Waals surface area contributed by atoms with E-state index >= 15 is 0 Å². The van der Waals surface area contributed by atoms with Crippen LogP contribution >= 0.6 is 7.82 Å². The van der Waals surface area contributed by atoms with Gasteiger partial charge in [-0.1, -0.05) is 18.2 Å². The van der Waals surface area contributed by atoms with Gasteiger partial charge in [0.1, 0.15) is 18.3 Å². The zero-order valence-corrected chi connectivity index (χ0v) is 12.4. The van der Waals surface area contributed by atoms with Crippen LogP contribution in [0.1, 0.15) is 10.4 Å². The fraction of sp³-hybridized carbons (Fsp3) is 0.417. The van der Waals surface area contributed by atoms with Gasteiger partial charge in [-0.05, 0) is 6.07 Å². The molecular formula is C12H13NO9P-3. The summed E-state index contributed by atoms with van der Waals surface area (Å²) in [6.45, 7) is -0.775. The minimum atomic E-state index is -5.25. The van der Waals surface area contributed by atoms with Crippen molar-refractivity contribution in [3.05, 3.63) is 29.8 Å². The van der Waals surface area contributed by atoms with E-state index in [9.17, 15) is 34.5 Å². The molecule has 0 radical (unpaired) electrons. The predicted molar refractivity (Wildman–Crippen MR) is 68.6 cm³/mol. The first-order valence-corrected chi connectivity index (χ1v) is 7.90. The molecule has 1 fully saturated rings. The average Bonchev–Trinajstić information content (AvgIpc) is 2.73. The van der Waals surface area contributed by atoms with Gasteiger partial charge >= 0.3 is 0 Å². The Labute approximate surface area is 130 Å². The van der Waals surface area contributed by atoms with Crippen LogP contribution in [0.5, 0.6) is 0 Å². The fourth-order valence-corrected chi connectivity index (χ4v) is 2.44. The average molecular weight is 346 g/mol. The number of carboxylic acid groups (broad SMARTS) is 1. The number of ether oxygens (including phenoxy) is 1. The van der Waals surface area contributed by atoms with Crippen molar-refractivity contribution in [3.8, 4) is 0 Å². The third kappa shape index (κ3) is 4.49. The number of hydrogen-bond acceptors (Lipinski definition) is 10. The van der Waals surface area contributed by atoms with E-state index in [1.807, 2.05) is 0 Å². The van der Waals surface area contributed by atoms with Crippen LogP contribution in [0, 0.1) is 0 Å². The van der Waals surface area contributed by atoms with Crippen molar-refractivity contribution in [2.75, 3.05) is 11.9 Å². The standard InChI is InChI=1S/C12H16NO9P/c14-9-8(5-21-23(18,19)20)22-11(10(9)15)13-7-4-2-1-3-6(7)12(16)17/h1-4,8-11,13-15H,5H2,(H,16,17)(H2,18,19,20)/p-3/t8-,9-,10-,11-/m1/s1. The largest absolute Gasteiger partial charge is 0.790 e. The first-order chi connectivity index (χ1) is 10.7. The van der Waals surface area contributed by atoms with E-state index < -0.39 is 44.9 Å². The number of carbonyl (C=O) groups is 1. The summed E-state index contributed by atoms with van der Waals surface area (Å²) in [5.41, 5.74) is -0.121. The normalized spacial score (nSPS) is 27.8. The molecular weight excluding hydrogens is 333 g/mol. The summed E-state index contributed by atoms with van der Waals surface area (Å²) in [6, 6.07) is 5.65. The Morgan fingerprint density at radius 2 is 1.96 bits per heavy atom. The van der Waals surface area contributed by atoms with Crippen LogP contribution in [0.25, 0.3) is 0 Å². The topological polar surface area (TPSA) is 174 Å². The van der Waals surface area contributed by atoms with Crippen molar-refractivity contribution in [1.82, 2.24) is 0 Å². The van der Waals surface area contributed by atoms with E-state index in [0.717, 1.165) is 0 Å². The molecule has 10 nitrogen and oxygen atoms in total. The van der Waals surface area contributed by atoms with Gasteiger partial charge in [0, 0.05) is 11.3 Å². The molecule has 128 valence electrons. The molecule has 1 saturated heterocycles. The van der Waals surface area contributed by atoms with Crippen LogP contribution < -0.4 is 20.2 Å². The van der Waals surface area contributed by atoms with Gasteiger partial charge in [0.25, 0.3) is 0 Å². The Hall–Kier alpha value is -1.52. The number of carbonyl (C=O) groups excluding carboxylic acids is 1. The van der Waals surface area contributed by atoms with E-state index in [4.69, 9.17) is 4.74 Å². The van der Waals surface area contributed by atoms with Crippen molar-refractivity contribution >= 4 is 19.5 Å². The SMILES string of the molecule is O=C([O-])c1ccccc1N[C@@H]1O[C@H](COP(=O)([O-])[O-])[C@@H](O)[C@H]1O. The minimum absolute atomic E-state index is 0.0728. The smallest absolute Gasteiger partial charge is 0.157 e. The van der Waals surface area contributed by atoms with Gasteiger partial charge in [-0.3, -0.25) is 0 Å². The summed E-state index contributed by atoms with van der Waals surface area (Å²) in [5.74, 6) is -1.46. The Kier molecular flexibility index (Phi) is 5.37. The number of carboxylic acids is 1. The number of benzene rings is 1. The molecule has 0 aliphatic carbocycles. The lowest BCUT2D eigenvalue weighted by Crippen LogP contribution is -2.37. The molecule has 1 aliphatic rings. The molecule has 23 heavy (non-hydrogen) atoms. The summed E-state index contributed by atoms with van der Waals surface area (Å²) in [4.78, 5) is 31.9. The van der Waals surface area contributed by atoms with E-state index in [0.29, 0.717) is 0 Å². The number of hydrogen-bond donors (Lipinski definition) is 3. The van der Waals surface area contributed by atoms with E-state index in [-0.39, 0.29) is 11.3 Å². The van der Waals surface area contributed by atoms with Crippen LogP contribution in [0.15, 0.2) is 24.3 Å². The van der Waals surface area contributed by atoms with E-state index in [1.165, 1.54) is 24.3 Å². The van der Waals surface area contributed by atoms with Crippen LogP contribution in [0.4, 0.5) is 5.69 Å². The molecule has 1 aliphatic heterocycles. The van der Waals surface area contributed by atoms with Crippen molar-refractivity contribution in [3.63, 3.8) is 0 Å². The first-order valence-electron chi connectivity index (χ1n) is 6.44. The summed E-state index contributed by atoms with van der Waals surface area (Å²) < 4.78 is 19.6.